The van der Waals surface area contributed by atoms with Gasteiger partial charge in [0.2, 0.25) is 76.8 Å². The van der Waals surface area contributed by atoms with Crippen LogP contribution in [-0.2, 0) is 81.5 Å². The minimum absolute atomic E-state index is 0.0477. The van der Waals surface area contributed by atoms with Gasteiger partial charge in [-0.1, -0.05) is 68.2 Å². The topological polar surface area (TPSA) is 620 Å². The Balaban J connectivity index is 6.75. The van der Waals surface area contributed by atoms with Gasteiger partial charge in [-0.25, -0.2) is 4.79 Å². The van der Waals surface area contributed by atoms with Gasteiger partial charge in [-0.15, -0.1) is 0 Å². The normalized spacial score (nSPS) is 16.3. The van der Waals surface area contributed by atoms with E-state index < -0.39 is 235 Å². The number of unbranched alkanes of at least 4 members (excludes halogenated alkanes) is 1. The average Bonchev–Trinajstić information content (AvgIpc) is 0.854. The maximum absolute atomic E-state index is 14.2. The lowest BCUT2D eigenvalue weighted by molar-refractivity contribution is -0.144. The van der Waals surface area contributed by atoms with E-state index in [1.165, 1.54) is 27.7 Å². The van der Waals surface area contributed by atoms with E-state index in [9.17, 15) is 112 Å². The smallest absolute Gasteiger partial charge is 0.326 e. The molecule has 13 amide bonds. The van der Waals surface area contributed by atoms with Gasteiger partial charge in [-0.3, -0.25) is 76.7 Å². The largest absolute Gasteiger partial charge is 0.481 e. The molecule has 17 atom stereocenters. The fourth-order valence-electron chi connectivity index (χ4n) is 9.39. The SMILES string of the molecule is CC[C@H](C)[C@H](NC(=O)[C@@H](NC(=O)[C@H](C)NC(=O)[C@H](CCCCN)NC(=O)[C@H](CC(=O)O)NC(=O)[C@@H](NC(=O)[C@H](CCC(=O)O)NC(=O)[C@@H](NC(=O)[C@H](C)NC(=O)[C@H](CC(C)C)NC(=O)[C@H](CC(C)C)NC(=O)[C@H](CC(=O)O)NC(=O)CNC(=O)[C@H](C)N)[C@@H](C)CC)[C@@H](C)O)[C@@H](C)O)C(=O)O. The van der Waals surface area contributed by atoms with E-state index in [1.54, 1.807) is 48.5 Å². The van der Waals surface area contributed by atoms with Crippen LogP contribution in [0, 0.1) is 23.7 Å². The summed E-state index contributed by atoms with van der Waals surface area (Å²) in [6.45, 7) is 18.5. The number of nitrogens with two attached hydrogens (primary N) is 2. The molecule has 0 bridgehead atoms. The molecule has 0 unspecified atom stereocenters. The van der Waals surface area contributed by atoms with E-state index >= 15 is 0 Å². The predicted octanol–water partition coefficient (Wildman–Crippen LogP) is -5.72. The summed E-state index contributed by atoms with van der Waals surface area (Å²) in [5.74, 6) is -21.9. The Kier molecular flexibility index (Phi) is 41.3. The Labute approximate surface area is 579 Å². The van der Waals surface area contributed by atoms with Gasteiger partial charge in [0.25, 0.3) is 0 Å². The first-order valence-electron chi connectivity index (χ1n) is 33.0. The van der Waals surface area contributed by atoms with Crippen LogP contribution in [0.3, 0.4) is 0 Å². The van der Waals surface area contributed by atoms with Crippen LogP contribution in [0.25, 0.3) is 0 Å². The Morgan fingerprint density at radius 3 is 1.11 bits per heavy atom. The lowest BCUT2D eigenvalue weighted by Gasteiger charge is -2.30. The summed E-state index contributed by atoms with van der Waals surface area (Å²) in [5, 5.41) is 90.1. The van der Waals surface area contributed by atoms with Crippen molar-refractivity contribution in [1.29, 1.82) is 0 Å². The number of aliphatic hydroxyl groups excluding tert-OH is 2. The number of rotatable bonds is 48. The molecule has 23 N–H and O–H groups in total. The molecule has 0 radical (unpaired) electrons. The fourth-order valence-corrected chi connectivity index (χ4v) is 9.39. The number of carbonyl (C=O) groups excluding carboxylic acids is 13. The second-order valence-electron chi connectivity index (χ2n) is 25.6. The zero-order chi connectivity index (χ0) is 77.2. The standard InChI is InChI=1S/C62H107N15O23/c1-14-29(7)46(74-51(88)32(10)67-55(92)38(22-27(3)4)71-56(93)39(23-28(5)6)72-57(94)40(24-44(83)84)68-42(80)26-65-50(87)31(9)64)59(96)70-37(19-20-43(81)82)54(91)77-48(34(12)78)60(97)73-41(25-45(85)86)58(95)69-36(18-16-17-21-63)53(90)66-33(11)52(89)76-49(35(13)79)61(98)75-47(62(99)100)30(8)15-2/h27-41,46-49,78-79H,14-26,63-64H2,1-13H3,(H,65,87)(H,66,90)(H,67,92)(H,68,80)(H,69,95)(H,70,96)(H,71,93)(H,72,94)(H,73,97)(H,74,88)(H,75,98)(H,76,89)(H,77,91)(H,81,82)(H,83,84)(H,85,86)(H,99,100)/t29-,30-,31-,32-,33-,34+,35+,36-,37-,38-,39-,40-,41-,46-,47-,48-,49-/m0/s1. The van der Waals surface area contributed by atoms with Crippen molar-refractivity contribution >= 4 is 101 Å². The predicted molar refractivity (Wildman–Crippen MR) is 354 cm³/mol. The van der Waals surface area contributed by atoms with Crippen LogP contribution >= 0.6 is 0 Å². The van der Waals surface area contributed by atoms with Crippen molar-refractivity contribution < 1.29 is 112 Å². The van der Waals surface area contributed by atoms with Crippen molar-refractivity contribution in [3.05, 3.63) is 0 Å². The van der Waals surface area contributed by atoms with Crippen molar-refractivity contribution in [2.24, 2.45) is 35.1 Å². The second-order valence-corrected chi connectivity index (χ2v) is 25.6. The van der Waals surface area contributed by atoms with Crippen molar-refractivity contribution in [1.82, 2.24) is 69.1 Å². The molecule has 0 aliphatic heterocycles. The van der Waals surface area contributed by atoms with E-state index in [-0.39, 0.29) is 56.9 Å². The summed E-state index contributed by atoms with van der Waals surface area (Å²) in [7, 11) is 0. The van der Waals surface area contributed by atoms with E-state index in [2.05, 4.69) is 69.1 Å². The lowest BCUT2D eigenvalue weighted by Crippen LogP contribution is -2.62. The summed E-state index contributed by atoms with van der Waals surface area (Å²) in [5.41, 5.74) is 11.1. The molecule has 0 aliphatic rings. The molecule has 0 aliphatic carbocycles. The molecule has 0 rings (SSSR count). The molecule has 100 heavy (non-hydrogen) atoms. The Morgan fingerprint density at radius 1 is 0.360 bits per heavy atom. The van der Waals surface area contributed by atoms with Crippen molar-refractivity contribution in [3.63, 3.8) is 0 Å². The van der Waals surface area contributed by atoms with Gasteiger partial charge in [0.15, 0.2) is 0 Å². The number of hydrogen-bond donors (Lipinski definition) is 21. The maximum atomic E-state index is 14.2. The zero-order valence-corrected chi connectivity index (χ0v) is 58.9. The Bertz CT molecular complexity index is 2840. The fraction of sp³-hybridized carbons (Fsp3) is 0.726. The summed E-state index contributed by atoms with van der Waals surface area (Å²) < 4.78 is 0. The highest BCUT2D eigenvalue weighted by Gasteiger charge is 2.39. The first-order valence-corrected chi connectivity index (χ1v) is 33.0. The quantitative estimate of drug-likeness (QED) is 0.0252. The highest BCUT2D eigenvalue weighted by atomic mass is 16.4. The minimum Gasteiger partial charge on any atom is -0.481 e. The molecule has 0 aromatic heterocycles. The number of aliphatic carboxylic acids is 4. The van der Waals surface area contributed by atoms with Crippen molar-refractivity contribution in [3.8, 4) is 0 Å². The van der Waals surface area contributed by atoms with E-state index in [1.807, 2.05) is 0 Å². The van der Waals surface area contributed by atoms with Crippen molar-refractivity contribution in [2.75, 3.05) is 13.1 Å². The molecule has 0 saturated carbocycles. The number of hydrogen-bond acceptors (Lipinski definition) is 21. The van der Waals surface area contributed by atoms with Gasteiger partial charge in [0.05, 0.1) is 37.6 Å². The minimum atomic E-state index is -2.09. The molecular formula is C62H107N15O23. The van der Waals surface area contributed by atoms with Crippen LogP contribution in [0.4, 0.5) is 0 Å². The van der Waals surface area contributed by atoms with E-state index in [0.29, 0.717) is 6.42 Å². The first-order chi connectivity index (χ1) is 46.4. The summed E-state index contributed by atoms with van der Waals surface area (Å²) >= 11 is 0. The molecule has 0 saturated heterocycles. The van der Waals surface area contributed by atoms with Gasteiger partial charge < -0.3 is 111 Å². The first kappa shape index (κ1) is 90.8. The summed E-state index contributed by atoms with van der Waals surface area (Å²) in [4.78, 5) is 224. The van der Waals surface area contributed by atoms with Gasteiger partial charge in [-0.05, 0) is 103 Å². The molecule has 0 spiro atoms. The number of carboxylic acid groups (broad SMARTS) is 4. The van der Waals surface area contributed by atoms with Crippen LogP contribution in [0.15, 0.2) is 0 Å². The third kappa shape index (κ3) is 34.1. The molecule has 568 valence electrons. The number of carboxylic acids is 4. The summed E-state index contributed by atoms with van der Waals surface area (Å²) in [6, 6.07) is -20.8. The van der Waals surface area contributed by atoms with Crippen LogP contribution < -0.4 is 80.6 Å². The molecule has 0 heterocycles. The monoisotopic (exact) mass is 1430 g/mol. The van der Waals surface area contributed by atoms with Gasteiger partial charge >= 0.3 is 23.9 Å². The summed E-state index contributed by atoms with van der Waals surface area (Å²) in [6.07, 6.45) is -6.43. The van der Waals surface area contributed by atoms with Crippen LogP contribution in [0.2, 0.25) is 0 Å². The Hall–Kier alpha value is -9.17. The van der Waals surface area contributed by atoms with Crippen LogP contribution in [-0.4, -0.2) is 235 Å². The van der Waals surface area contributed by atoms with E-state index in [0.717, 1.165) is 13.8 Å². The van der Waals surface area contributed by atoms with Gasteiger partial charge in [-0.2, -0.15) is 0 Å². The maximum Gasteiger partial charge on any atom is 0.326 e. The molecular weight excluding hydrogens is 1320 g/mol. The zero-order valence-electron chi connectivity index (χ0n) is 58.9. The van der Waals surface area contributed by atoms with Crippen LogP contribution in [0.1, 0.15) is 161 Å². The molecule has 38 nitrogen and oxygen atoms in total. The molecule has 0 aromatic rings. The van der Waals surface area contributed by atoms with Crippen LogP contribution in [0.5, 0.6) is 0 Å². The third-order valence-corrected chi connectivity index (χ3v) is 15.6. The highest BCUT2D eigenvalue weighted by Crippen LogP contribution is 2.15. The molecule has 0 aromatic carbocycles. The number of aliphatic hydroxyl groups is 2. The average molecular weight is 1430 g/mol. The lowest BCUT2D eigenvalue weighted by atomic mass is 9.97. The van der Waals surface area contributed by atoms with E-state index in [4.69, 9.17) is 11.5 Å². The number of amides is 13. The van der Waals surface area contributed by atoms with Gasteiger partial charge in [0.1, 0.15) is 72.5 Å². The molecule has 0 fully saturated rings. The number of nitrogens with one attached hydrogen (secondary N) is 13. The third-order valence-electron chi connectivity index (χ3n) is 15.6. The van der Waals surface area contributed by atoms with Crippen molar-refractivity contribution in [2.45, 2.75) is 251 Å². The molecule has 38 heteroatoms. The van der Waals surface area contributed by atoms with Gasteiger partial charge in [0, 0.05) is 6.42 Å². The Morgan fingerprint density at radius 2 is 0.700 bits per heavy atom. The second kappa shape index (κ2) is 45.5. The number of carbonyl (C=O) groups is 17. The highest BCUT2D eigenvalue weighted by molar-refractivity contribution is 6.01.